The molecular formula is C26H35N5O. The number of carbonyl (C=O) groups excluding carboxylic acids is 1. The Morgan fingerprint density at radius 3 is 2.66 bits per heavy atom. The van der Waals surface area contributed by atoms with Crippen LogP contribution in [0.4, 0.5) is 5.82 Å². The third-order valence-electron chi connectivity index (χ3n) is 6.88. The number of nitrogens with zero attached hydrogens (tertiary/aromatic N) is 5. The molecule has 1 fully saturated rings. The molecule has 6 nitrogen and oxygen atoms in total. The largest absolute Gasteiger partial charge is 0.354 e. The van der Waals surface area contributed by atoms with Crippen molar-refractivity contribution in [3.8, 4) is 0 Å². The molecule has 4 rings (SSSR count). The van der Waals surface area contributed by atoms with E-state index in [0.29, 0.717) is 18.4 Å². The minimum atomic E-state index is -0.331. The summed E-state index contributed by atoms with van der Waals surface area (Å²) in [6.45, 7) is 11.3. The molecule has 0 saturated carbocycles. The molecule has 0 N–H and O–H groups in total. The van der Waals surface area contributed by atoms with Gasteiger partial charge in [-0.25, -0.2) is 9.97 Å². The molecule has 3 heterocycles. The number of rotatable bonds is 7. The predicted octanol–water partition coefficient (Wildman–Crippen LogP) is 4.49. The number of piperidine rings is 1. The lowest BCUT2D eigenvalue weighted by atomic mass is 9.92. The van der Waals surface area contributed by atoms with Gasteiger partial charge in [0, 0.05) is 44.3 Å². The molecule has 0 aliphatic carbocycles. The number of hydrogen-bond acceptors (Lipinski definition) is 5. The maximum absolute atomic E-state index is 11.8. The van der Waals surface area contributed by atoms with Crippen molar-refractivity contribution in [3.63, 3.8) is 0 Å². The zero-order chi connectivity index (χ0) is 22.9. The van der Waals surface area contributed by atoms with Crippen LogP contribution in [0, 0.1) is 5.92 Å². The van der Waals surface area contributed by atoms with Crippen molar-refractivity contribution >= 4 is 22.6 Å². The summed E-state index contributed by atoms with van der Waals surface area (Å²) < 4.78 is 2.12. The van der Waals surface area contributed by atoms with Crippen molar-refractivity contribution in [2.75, 3.05) is 25.0 Å². The topological polar surface area (TPSA) is 54.3 Å². The molecule has 1 aliphatic rings. The van der Waals surface area contributed by atoms with Gasteiger partial charge in [0.1, 0.15) is 23.6 Å². The van der Waals surface area contributed by atoms with Gasteiger partial charge >= 0.3 is 0 Å². The fraction of sp³-hybridized carbons (Fsp3) is 0.500. The van der Waals surface area contributed by atoms with Crippen LogP contribution < -0.4 is 4.90 Å². The molecule has 0 amide bonds. The number of fused-ring (bicyclic) bond motifs is 1. The van der Waals surface area contributed by atoms with Gasteiger partial charge in [0.2, 0.25) is 0 Å². The van der Waals surface area contributed by atoms with E-state index < -0.39 is 0 Å². The number of Topliss-reactive ketones (excluding diaryl/α,β-unsaturated/α-hetero) is 1. The van der Waals surface area contributed by atoms with Crippen LogP contribution in [0.2, 0.25) is 0 Å². The highest BCUT2D eigenvalue weighted by atomic mass is 16.1. The number of aromatic nitrogens is 3. The van der Waals surface area contributed by atoms with Gasteiger partial charge in [-0.2, -0.15) is 0 Å². The zero-order valence-corrected chi connectivity index (χ0v) is 20.0. The van der Waals surface area contributed by atoms with Crippen LogP contribution in [-0.4, -0.2) is 51.4 Å². The lowest BCUT2D eigenvalue weighted by molar-refractivity contribution is -0.118. The average Bonchev–Trinajstić information content (AvgIpc) is 3.20. The Morgan fingerprint density at radius 1 is 1.19 bits per heavy atom. The highest BCUT2D eigenvalue weighted by Crippen LogP contribution is 2.32. The van der Waals surface area contributed by atoms with E-state index in [1.165, 1.54) is 12.0 Å². The zero-order valence-electron chi connectivity index (χ0n) is 20.0. The summed E-state index contributed by atoms with van der Waals surface area (Å²) in [5.41, 5.74) is 1.91. The molecule has 2 atom stereocenters. The van der Waals surface area contributed by atoms with Crippen molar-refractivity contribution in [3.05, 3.63) is 54.5 Å². The molecule has 3 aromatic rings. The quantitative estimate of drug-likeness (QED) is 0.549. The fourth-order valence-corrected chi connectivity index (χ4v) is 5.16. The van der Waals surface area contributed by atoms with Crippen LogP contribution in [0.1, 0.15) is 46.1 Å². The van der Waals surface area contributed by atoms with Crippen LogP contribution in [0.5, 0.6) is 0 Å². The third-order valence-corrected chi connectivity index (χ3v) is 6.88. The van der Waals surface area contributed by atoms with Crippen LogP contribution in [0.25, 0.3) is 11.0 Å². The second-order valence-electron chi connectivity index (χ2n) is 9.98. The number of carbonyl (C=O) groups is 1. The molecule has 1 aromatic carbocycles. The third kappa shape index (κ3) is 4.56. The number of anilines is 1. The first-order valence-corrected chi connectivity index (χ1v) is 11.6. The molecule has 0 unspecified atom stereocenters. The van der Waals surface area contributed by atoms with Crippen molar-refractivity contribution in [2.45, 2.75) is 58.7 Å². The summed E-state index contributed by atoms with van der Waals surface area (Å²) in [4.78, 5) is 26.0. The van der Waals surface area contributed by atoms with Crippen LogP contribution in [0.15, 0.2) is 48.9 Å². The SMILES string of the molecule is CC(=O)CC(C)(C)n1ccc2c(N(C)[C@H]3CN(Cc4ccccc4)CC[C@H]3C)ncnc21. The van der Waals surface area contributed by atoms with Crippen LogP contribution >= 0.6 is 0 Å². The van der Waals surface area contributed by atoms with E-state index >= 15 is 0 Å². The second kappa shape index (κ2) is 9.02. The van der Waals surface area contributed by atoms with Crippen molar-refractivity contribution in [1.29, 1.82) is 0 Å². The predicted molar refractivity (Wildman–Crippen MR) is 130 cm³/mol. The monoisotopic (exact) mass is 433 g/mol. The molecule has 170 valence electrons. The smallest absolute Gasteiger partial charge is 0.145 e. The second-order valence-corrected chi connectivity index (χ2v) is 9.98. The van der Waals surface area contributed by atoms with Gasteiger partial charge in [-0.1, -0.05) is 37.3 Å². The van der Waals surface area contributed by atoms with Crippen molar-refractivity contribution < 1.29 is 4.79 Å². The van der Waals surface area contributed by atoms with E-state index in [4.69, 9.17) is 4.98 Å². The first-order chi connectivity index (χ1) is 15.3. The Bertz CT molecular complexity index is 1070. The Labute approximate surface area is 191 Å². The molecular weight excluding hydrogens is 398 g/mol. The van der Waals surface area contributed by atoms with Gasteiger partial charge in [0.15, 0.2) is 0 Å². The van der Waals surface area contributed by atoms with Gasteiger partial charge in [-0.15, -0.1) is 0 Å². The minimum Gasteiger partial charge on any atom is -0.354 e. The number of ketones is 1. The Hall–Kier alpha value is -2.73. The summed E-state index contributed by atoms with van der Waals surface area (Å²) in [5, 5.41) is 1.04. The molecule has 32 heavy (non-hydrogen) atoms. The number of likely N-dealkylation sites (N-methyl/N-ethyl adjacent to an activating group) is 1. The molecule has 6 heteroatoms. The molecule has 0 spiro atoms. The van der Waals surface area contributed by atoms with E-state index in [0.717, 1.165) is 36.5 Å². The van der Waals surface area contributed by atoms with Gasteiger partial charge in [0.05, 0.1) is 5.39 Å². The lowest BCUT2D eigenvalue weighted by Gasteiger charge is -2.42. The minimum absolute atomic E-state index is 0.179. The number of benzene rings is 1. The van der Waals surface area contributed by atoms with E-state index in [-0.39, 0.29) is 11.3 Å². The first kappa shape index (κ1) is 22.5. The normalized spacial score (nSPS) is 19.9. The fourth-order valence-electron chi connectivity index (χ4n) is 5.16. The summed E-state index contributed by atoms with van der Waals surface area (Å²) >= 11 is 0. The summed E-state index contributed by atoms with van der Waals surface area (Å²) in [6, 6.07) is 13.2. The summed E-state index contributed by atoms with van der Waals surface area (Å²) in [7, 11) is 2.16. The lowest BCUT2D eigenvalue weighted by Crippen LogP contribution is -2.50. The van der Waals surface area contributed by atoms with Gasteiger partial charge in [-0.05, 0) is 51.3 Å². The van der Waals surface area contributed by atoms with Gasteiger partial charge in [0.25, 0.3) is 0 Å². The summed E-state index contributed by atoms with van der Waals surface area (Å²) in [5.74, 6) is 1.72. The molecule has 0 bridgehead atoms. The average molecular weight is 434 g/mol. The van der Waals surface area contributed by atoms with E-state index in [1.54, 1.807) is 13.3 Å². The Morgan fingerprint density at radius 2 is 1.94 bits per heavy atom. The first-order valence-electron chi connectivity index (χ1n) is 11.6. The van der Waals surface area contributed by atoms with Gasteiger partial charge in [-0.3, -0.25) is 9.69 Å². The van der Waals surface area contributed by atoms with Crippen LogP contribution in [-0.2, 0) is 16.9 Å². The molecule has 0 radical (unpaired) electrons. The number of hydrogen-bond donors (Lipinski definition) is 0. The van der Waals surface area contributed by atoms with Gasteiger partial charge < -0.3 is 9.47 Å². The maximum Gasteiger partial charge on any atom is 0.145 e. The highest BCUT2D eigenvalue weighted by molar-refractivity contribution is 5.88. The molecule has 1 aliphatic heterocycles. The highest BCUT2D eigenvalue weighted by Gasteiger charge is 2.32. The summed E-state index contributed by atoms with van der Waals surface area (Å²) in [6.07, 6.45) is 5.35. The molecule has 1 saturated heterocycles. The van der Waals surface area contributed by atoms with Crippen molar-refractivity contribution in [2.24, 2.45) is 5.92 Å². The van der Waals surface area contributed by atoms with Crippen LogP contribution in [0.3, 0.4) is 0 Å². The van der Waals surface area contributed by atoms with Crippen molar-refractivity contribution in [1.82, 2.24) is 19.4 Å². The maximum atomic E-state index is 11.8. The Balaban J connectivity index is 1.60. The standard InChI is InChI=1S/C26H35N5O/c1-19-11-13-30(16-21-9-7-6-8-10-21)17-23(19)29(5)24-22-12-14-31(25(22)28-18-27-24)26(3,4)15-20(2)32/h6-10,12,14,18-19,23H,11,13,15-17H2,1-5H3/t19-,23+/m1/s1. The number of likely N-dealkylation sites (tertiary alicyclic amines) is 1. The Kier molecular flexibility index (Phi) is 6.33. The molecule has 2 aromatic heterocycles. The van der Waals surface area contributed by atoms with E-state index in [9.17, 15) is 4.79 Å². The van der Waals surface area contributed by atoms with E-state index in [1.807, 2.05) is 6.20 Å². The van der Waals surface area contributed by atoms with E-state index in [2.05, 4.69) is 83.6 Å².